The molecule has 0 radical (unpaired) electrons. The van der Waals surface area contributed by atoms with Gasteiger partial charge in [-0.15, -0.1) is 0 Å². The fraction of sp³-hybridized carbons (Fsp3) is 0.750. The summed E-state index contributed by atoms with van der Waals surface area (Å²) in [7, 11) is 0. The van der Waals surface area contributed by atoms with Crippen LogP contribution in [0.2, 0.25) is 0 Å². The van der Waals surface area contributed by atoms with Crippen molar-refractivity contribution < 1.29 is 19.8 Å². The Hall–Kier alpha value is -0.100. The van der Waals surface area contributed by atoms with E-state index in [1.54, 1.807) is 0 Å². The van der Waals surface area contributed by atoms with Gasteiger partial charge in [-0.05, 0) is 12.8 Å². The van der Waals surface area contributed by atoms with E-state index in [-0.39, 0.29) is 9.65 Å². The zero-order valence-electron chi connectivity index (χ0n) is 7.19. The maximum Gasteiger partial charge on any atom is 0.308 e. The summed E-state index contributed by atoms with van der Waals surface area (Å²) in [6, 6.07) is 0. The standard InChI is InChI=1S/C8H10Br2O4/c9-3-1-2-4(10)6(8(13)14)5(3)7(11)12/h3-6H,1-2H2,(H,11,12)(H,13,14). The number of alkyl halides is 2. The maximum absolute atomic E-state index is 10.9. The molecule has 0 saturated heterocycles. The highest BCUT2D eigenvalue weighted by Crippen LogP contribution is 2.38. The van der Waals surface area contributed by atoms with Crippen LogP contribution in [0.5, 0.6) is 0 Å². The van der Waals surface area contributed by atoms with Gasteiger partial charge in [0.2, 0.25) is 0 Å². The molecule has 1 rings (SSSR count). The van der Waals surface area contributed by atoms with E-state index in [4.69, 9.17) is 10.2 Å². The Morgan fingerprint density at radius 1 is 0.929 bits per heavy atom. The first kappa shape index (κ1) is 12.0. The number of carbonyl (C=O) groups is 2. The number of hydrogen-bond donors (Lipinski definition) is 2. The summed E-state index contributed by atoms with van der Waals surface area (Å²) in [4.78, 5) is 21.3. The van der Waals surface area contributed by atoms with Gasteiger partial charge in [0.05, 0.1) is 11.8 Å². The third kappa shape index (κ3) is 2.28. The zero-order chi connectivity index (χ0) is 10.9. The van der Waals surface area contributed by atoms with Gasteiger partial charge in [0, 0.05) is 9.65 Å². The maximum atomic E-state index is 10.9. The van der Waals surface area contributed by atoms with Crippen molar-refractivity contribution in [3.63, 3.8) is 0 Å². The Morgan fingerprint density at radius 2 is 1.21 bits per heavy atom. The van der Waals surface area contributed by atoms with E-state index in [9.17, 15) is 9.59 Å². The molecule has 6 heteroatoms. The number of aliphatic carboxylic acids is 2. The van der Waals surface area contributed by atoms with Crippen LogP contribution in [0.25, 0.3) is 0 Å². The van der Waals surface area contributed by atoms with Crippen molar-refractivity contribution in [2.75, 3.05) is 0 Å². The minimum atomic E-state index is -1.05. The number of halogens is 2. The molecule has 4 unspecified atom stereocenters. The zero-order valence-corrected chi connectivity index (χ0v) is 10.4. The molecule has 0 aromatic rings. The molecule has 14 heavy (non-hydrogen) atoms. The topological polar surface area (TPSA) is 74.6 Å². The van der Waals surface area contributed by atoms with Crippen LogP contribution in [0.1, 0.15) is 12.8 Å². The second-order valence-corrected chi connectivity index (χ2v) is 5.69. The summed E-state index contributed by atoms with van der Waals surface area (Å²) in [6.07, 6.45) is 1.35. The Morgan fingerprint density at radius 3 is 1.43 bits per heavy atom. The largest absolute Gasteiger partial charge is 0.481 e. The number of rotatable bonds is 2. The molecule has 4 atom stereocenters. The molecular weight excluding hydrogens is 320 g/mol. The van der Waals surface area contributed by atoms with E-state index < -0.39 is 23.8 Å². The van der Waals surface area contributed by atoms with Crippen molar-refractivity contribution in [1.29, 1.82) is 0 Å². The number of carboxylic acids is 2. The van der Waals surface area contributed by atoms with Crippen molar-refractivity contribution in [2.24, 2.45) is 11.8 Å². The van der Waals surface area contributed by atoms with Crippen molar-refractivity contribution in [2.45, 2.75) is 22.5 Å². The second-order valence-electron chi connectivity index (χ2n) is 3.34. The molecule has 80 valence electrons. The van der Waals surface area contributed by atoms with Crippen LogP contribution in [0, 0.1) is 11.8 Å². The molecule has 4 nitrogen and oxygen atoms in total. The van der Waals surface area contributed by atoms with Crippen LogP contribution < -0.4 is 0 Å². The van der Waals surface area contributed by atoms with Crippen LogP contribution in [0.4, 0.5) is 0 Å². The van der Waals surface area contributed by atoms with Crippen LogP contribution >= 0.6 is 31.9 Å². The molecule has 0 aromatic heterocycles. The van der Waals surface area contributed by atoms with Gasteiger partial charge in [-0.25, -0.2) is 0 Å². The predicted molar refractivity (Wildman–Crippen MR) is 56.9 cm³/mol. The van der Waals surface area contributed by atoms with E-state index in [0.29, 0.717) is 12.8 Å². The van der Waals surface area contributed by atoms with E-state index >= 15 is 0 Å². The van der Waals surface area contributed by atoms with Gasteiger partial charge in [-0.2, -0.15) is 0 Å². The van der Waals surface area contributed by atoms with E-state index in [2.05, 4.69) is 31.9 Å². The third-order valence-corrected chi connectivity index (χ3v) is 4.51. The Labute approximate surface area is 97.9 Å². The third-order valence-electron chi connectivity index (χ3n) is 2.45. The first-order valence-electron chi connectivity index (χ1n) is 4.19. The Balaban J connectivity index is 2.92. The normalized spacial score (nSPS) is 37.9. The molecule has 0 amide bonds. The van der Waals surface area contributed by atoms with E-state index in [1.165, 1.54) is 0 Å². The van der Waals surface area contributed by atoms with Crippen LogP contribution in [0.15, 0.2) is 0 Å². The molecule has 0 aromatic carbocycles. The van der Waals surface area contributed by atoms with Crippen LogP contribution in [-0.4, -0.2) is 31.8 Å². The highest BCUT2D eigenvalue weighted by Gasteiger charge is 2.45. The van der Waals surface area contributed by atoms with Gasteiger partial charge in [0.1, 0.15) is 0 Å². The average molecular weight is 330 g/mol. The van der Waals surface area contributed by atoms with E-state index in [1.807, 2.05) is 0 Å². The molecule has 2 N–H and O–H groups in total. The quantitative estimate of drug-likeness (QED) is 0.756. The minimum absolute atomic E-state index is 0.255. The highest BCUT2D eigenvalue weighted by atomic mass is 79.9. The first-order chi connectivity index (χ1) is 6.45. The molecule has 1 aliphatic carbocycles. The highest BCUT2D eigenvalue weighted by molar-refractivity contribution is 9.10. The van der Waals surface area contributed by atoms with Gasteiger partial charge in [-0.1, -0.05) is 31.9 Å². The predicted octanol–water partition coefficient (Wildman–Crippen LogP) is 1.71. The second kappa shape index (κ2) is 4.61. The lowest BCUT2D eigenvalue weighted by Gasteiger charge is -2.33. The molecular formula is C8H10Br2O4. The summed E-state index contributed by atoms with van der Waals surface area (Å²) in [5, 5.41) is 17.9. The van der Waals surface area contributed by atoms with Crippen molar-refractivity contribution in [3.8, 4) is 0 Å². The number of hydrogen-bond acceptors (Lipinski definition) is 2. The van der Waals surface area contributed by atoms with Gasteiger partial charge in [0.25, 0.3) is 0 Å². The lowest BCUT2D eigenvalue weighted by atomic mass is 9.79. The summed E-state index contributed by atoms with van der Waals surface area (Å²) >= 11 is 6.45. The van der Waals surface area contributed by atoms with Crippen LogP contribution in [0.3, 0.4) is 0 Å². The van der Waals surface area contributed by atoms with Gasteiger partial charge in [-0.3, -0.25) is 9.59 Å². The summed E-state index contributed by atoms with van der Waals surface area (Å²) in [6.45, 7) is 0. The molecule has 1 saturated carbocycles. The van der Waals surface area contributed by atoms with Gasteiger partial charge >= 0.3 is 11.9 Å². The molecule has 0 aliphatic heterocycles. The molecule has 0 heterocycles. The summed E-state index contributed by atoms with van der Waals surface area (Å²) in [5.74, 6) is -3.82. The lowest BCUT2D eigenvalue weighted by molar-refractivity contribution is -0.154. The van der Waals surface area contributed by atoms with Gasteiger partial charge < -0.3 is 10.2 Å². The fourth-order valence-corrected chi connectivity index (χ4v) is 3.38. The van der Waals surface area contributed by atoms with Crippen molar-refractivity contribution in [1.82, 2.24) is 0 Å². The van der Waals surface area contributed by atoms with E-state index in [0.717, 1.165) is 0 Å². The SMILES string of the molecule is O=C(O)C1C(Br)CCC(Br)C1C(=O)O. The summed E-state index contributed by atoms with van der Waals surface area (Å²) < 4.78 is 0. The monoisotopic (exact) mass is 328 g/mol. The number of carboxylic acid groups (broad SMARTS) is 2. The Kier molecular flexibility index (Phi) is 3.94. The molecule has 0 spiro atoms. The molecule has 1 aliphatic rings. The smallest absolute Gasteiger partial charge is 0.308 e. The van der Waals surface area contributed by atoms with Crippen molar-refractivity contribution >= 4 is 43.8 Å². The van der Waals surface area contributed by atoms with Crippen LogP contribution in [-0.2, 0) is 9.59 Å². The van der Waals surface area contributed by atoms with Crippen molar-refractivity contribution in [3.05, 3.63) is 0 Å². The average Bonchev–Trinajstić information content (AvgIpc) is 2.07. The Bertz CT molecular complexity index is 230. The molecule has 0 bridgehead atoms. The first-order valence-corrected chi connectivity index (χ1v) is 6.02. The summed E-state index contributed by atoms with van der Waals surface area (Å²) in [5.41, 5.74) is 0. The minimum Gasteiger partial charge on any atom is -0.481 e. The van der Waals surface area contributed by atoms with Gasteiger partial charge in [0.15, 0.2) is 0 Å². The fourth-order valence-electron chi connectivity index (χ4n) is 1.74. The molecule has 1 fully saturated rings. The lowest BCUT2D eigenvalue weighted by Crippen LogP contribution is -2.44.